The van der Waals surface area contributed by atoms with E-state index >= 15 is 0 Å². The van der Waals surface area contributed by atoms with E-state index in [-0.39, 0.29) is 0 Å². The van der Waals surface area contributed by atoms with Gasteiger partial charge in [0.1, 0.15) is 0 Å². The van der Waals surface area contributed by atoms with Gasteiger partial charge in [0, 0.05) is 45.7 Å². The fourth-order valence-corrected chi connectivity index (χ4v) is 3.98. The minimum atomic E-state index is -0.854. The lowest BCUT2D eigenvalue weighted by molar-refractivity contribution is -0.0832. The average molecular weight is 362 g/mol. The molecule has 6 heteroatoms. The van der Waals surface area contributed by atoms with E-state index in [0.717, 1.165) is 31.5 Å². The lowest BCUT2D eigenvalue weighted by atomic mass is 9.91. The van der Waals surface area contributed by atoms with Gasteiger partial charge in [0.05, 0.1) is 5.60 Å². The van der Waals surface area contributed by atoms with E-state index in [1.807, 2.05) is 30.3 Å². The number of benzene rings is 1. The van der Waals surface area contributed by atoms with E-state index in [0.29, 0.717) is 51.6 Å². The third-order valence-corrected chi connectivity index (χ3v) is 5.61. The molecule has 1 aromatic rings. The standard InChI is InChI=1S/C20H30N2O4/c23-19(24)22(14-17-4-2-1-3-5-17)15-18-6-10-21(11-7-18)16-20(25)8-12-26-13-9-20/h1-5,18,25H,6-16H2,(H,23,24). The second-order valence-corrected chi connectivity index (χ2v) is 7.70. The third-order valence-electron chi connectivity index (χ3n) is 5.61. The van der Waals surface area contributed by atoms with Crippen molar-refractivity contribution in [2.24, 2.45) is 5.92 Å². The summed E-state index contributed by atoms with van der Waals surface area (Å²) in [5.74, 6) is 0.385. The van der Waals surface area contributed by atoms with E-state index in [1.54, 1.807) is 0 Å². The highest BCUT2D eigenvalue weighted by Gasteiger charge is 2.33. The number of hydrogen-bond donors (Lipinski definition) is 2. The zero-order valence-corrected chi connectivity index (χ0v) is 15.3. The lowest BCUT2D eigenvalue weighted by Gasteiger charge is -2.40. The fourth-order valence-electron chi connectivity index (χ4n) is 3.98. The predicted molar refractivity (Wildman–Crippen MR) is 99.0 cm³/mol. The Morgan fingerprint density at radius 3 is 2.46 bits per heavy atom. The Balaban J connectivity index is 1.46. The number of carboxylic acid groups (broad SMARTS) is 1. The Hall–Kier alpha value is -1.63. The molecule has 6 nitrogen and oxygen atoms in total. The maximum atomic E-state index is 11.6. The molecule has 0 unspecified atom stereocenters. The molecule has 2 aliphatic heterocycles. The summed E-state index contributed by atoms with van der Waals surface area (Å²) in [6, 6.07) is 9.75. The van der Waals surface area contributed by atoms with E-state index in [2.05, 4.69) is 4.90 Å². The van der Waals surface area contributed by atoms with E-state index in [4.69, 9.17) is 4.74 Å². The average Bonchev–Trinajstić information content (AvgIpc) is 2.64. The minimum absolute atomic E-state index is 0.385. The number of nitrogens with zero attached hydrogens (tertiary/aromatic N) is 2. The monoisotopic (exact) mass is 362 g/mol. The first-order chi connectivity index (χ1) is 12.5. The van der Waals surface area contributed by atoms with Gasteiger partial charge in [-0.05, 0) is 37.4 Å². The van der Waals surface area contributed by atoms with Gasteiger partial charge in [-0.25, -0.2) is 4.79 Å². The molecule has 144 valence electrons. The maximum absolute atomic E-state index is 11.6. The molecule has 0 aliphatic carbocycles. The van der Waals surface area contributed by atoms with Gasteiger partial charge in [0.2, 0.25) is 0 Å². The second kappa shape index (κ2) is 8.84. The quantitative estimate of drug-likeness (QED) is 0.813. The second-order valence-electron chi connectivity index (χ2n) is 7.70. The highest BCUT2D eigenvalue weighted by molar-refractivity contribution is 5.65. The molecule has 0 radical (unpaired) electrons. The fraction of sp³-hybridized carbons (Fsp3) is 0.650. The molecule has 1 amide bonds. The largest absolute Gasteiger partial charge is 0.465 e. The molecule has 1 aromatic carbocycles. The van der Waals surface area contributed by atoms with E-state index < -0.39 is 11.7 Å². The van der Waals surface area contributed by atoms with Crippen molar-refractivity contribution in [3.05, 3.63) is 35.9 Å². The smallest absolute Gasteiger partial charge is 0.407 e. The van der Waals surface area contributed by atoms with Crippen LogP contribution in [0.25, 0.3) is 0 Å². The highest BCUT2D eigenvalue weighted by Crippen LogP contribution is 2.25. The van der Waals surface area contributed by atoms with Crippen LogP contribution in [0.4, 0.5) is 4.79 Å². The molecule has 3 rings (SSSR count). The van der Waals surface area contributed by atoms with Gasteiger partial charge in [-0.2, -0.15) is 0 Å². The summed E-state index contributed by atoms with van der Waals surface area (Å²) < 4.78 is 5.35. The predicted octanol–water partition coefficient (Wildman–Crippen LogP) is 2.42. The number of likely N-dealkylation sites (tertiary alicyclic amines) is 1. The normalized spacial score (nSPS) is 21.4. The number of amides is 1. The molecule has 2 heterocycles. The van der Waals surface area contributed by atoms with Crippen molar-refractivity contribution in [2.45, 2.75) is 37.8 Å². The minimum Gasteiger partial charge on any atom is -0.465 e. The molecular formula is C20H30N2O4. The van der Waals surface area contributed by atoms with E-state index in [1.165, 1.54) is 4.90 Å². The summed E-state index contributed by atoms with van der Waals surface area (Å²) in [7, 11) is 0. The van der Waals surface area contributed by atoms with Crippen molar-refractivity contribution < 1.29 is 19.7 Å². The highest BCUT2D eigenvalue weighted by atomic mass is 16.5. The molecule has 2 N–H and O–H groups in total. The number of piperidine rings is 1. The van der Waals surface area contributed by atoms with Crippen LogP contribution in [0.3, 0.4) is 0 Å². The molecular weight excluding hydrogens is 332 g/mol. The first kappa shape index (κ1) is 19.1. The molecule has 0 atom stereocenters. The van der Waals surface area contributed by atoms with Crippen LogP contribution in [0.5, 0.6) is 0 Å². The Bertz CT molecular complexity index is 566. The molecule has 0 aromatic heterocycles. The molecule has 26 heavy (non-hydrogen) atoms. The molecule has 0 spiro atoms. The van der Waals surface area contributed by atoms with Gasteiger partial charge in [-0.3, -0.25) is 0 Å². The van der Waals surface area contributed by atoms with Crippen molar-refractivity contribution in [1.82, 2.24) is 9.80 Å². The molecule has 2 saturated heterocycles. The Morgan fingerprint density at radius 1 is 1.19 bits per heavy atom. The summed E-state index contributed by atoms with van der Waals surface area (Å²) in [4.78, 5) is 15.5. The van der Waals surface area contributed by atoms with Crippen LogP contribution < -0.4 is 0 Å². The summed E-state index contributed by atoms with van der Waals surface area (Å²) >= 11 is 0. The van der Waals surface area contributed by atoms with Crippen molar-refractivity contribution in [3.8, 4) is 0 Å². The Morgan fingerprint density at radius 2 is 1.85 bits per heavy atom. The van der Waals surface area contributed by atoms with Crippen molar-refractivity contribution in [1.29, 1.82) is 0 Å². The van der Waals surface area contributed by atoms with Gasteiger partial charge >= 0.3 is 6.09 Å². The molecule has 0 bridgehead atoms. The van der Waals surface area contributed by atoms with Crippen molar-refractivity contribution >= 4 is 6.09 Å². The van der Waals surface area contributed by atoms with Crippen LogP contribution in [0.1, 0.15) is 31.2 Å². The summed E-state index contributed by atoms with van der Waals surface area (Å²) in [5.41, 5.74) is 0.403. The topological polar surface area (TPSA) is 73.2 Å². The van der Waals surface area contributed by atoms with Crippen LogP contribution >= 0.6 is 0 Å². The van der Waals surface area contributed by atoms with Gasteiger partial charge in [-0.1, -0.05) is 30.3 Å². The van der Waals surface area contributed by atoms with Gasteiger partial charge in [-0.15, -0.1) is 0 Å². The number of β-amino-alcohol motifs (C(OH)–C–C–N with tert-alkyl or cyclic N) is 1. The van der Waals surface area contributed by atoms with Crippen molar-refractivity contribution in [2.75, 3.05) is 39.4 Å². The first-order valence-electron chi connectivity index (χ1n) is 9.58. The van der Waals surface area contributed by atoms with Gasteiger partial charge in [0.25, 0.3) is 0 Å². The Labute approximate surface area is 155 Å². The van der Waals surface area contributed by atoms with E-state index in [9.17, 15) is 15.0 Å². The number of hydrogen-bond acceptors (Lipinski definition) is 4. The summed E-state index contributed by atoms with van der Waals surface area (Å²) in [6.45, 7) is 4.85. The number of aliphatic hydroxyl groups is 1. The number of carbonyl (C=O) groups is 1. The lowest BCUT2D eigenvalue weighted by Crippen LogP contribution is -2.49. The summed E-state index contributed by atoms with van der Waals surface area (Å²) in [6.07, 6.45) is 2.51. The Kier molecular flexibility index (Phi) is 6.51. The van der Waals surface area contributed by atoms with Crippen LogP contribution in [0, 0.1) is 5.92 Å². The zero-order valence-electron chi connectivity index (χ0n) is 15.3. The summed E-state index contributed by atoms with van der Waals surface area (Å²) in [5, 5.41) is 20.2. The van der Waals surface area contributed by atoms with Crippen LogP contribution in [0.15, 0.2) is 30.3 Å². The van der Waals surface area contributed by atoms with Crippen LogP contribution in [-0.4, -0.2) is 71.1 Å². The first-order valence-corrected chi connectivity index (χ1v) is 9.58. The molecule has 2 aliphatic rings. The van der Waals surface area contributed by atoms with Crippen molar-refractivity contribution in [3.63, 3.8) is 0 Å². The number of ether oxygens (including phenoxy) is 1. The maximum Gasteiger partial charge on any atom is 0.407 e. The SMILES string of the molecule is O=C(O)N(Cc1ccccc1)CC1CCN(CC2(O)CCOCC2)CC1. The third kappa shape index (κ3) is 5.43. The van der Waals surface area contributed by atoms with Crippen LogP contribution in [-0.2, 0) is 11.3 Å². The molecule has 0 saturated carbocycles. The molecule has 2 fully saturated rings. The van der Waals surface area contributed by atoms with Gasteiger partial charge in [0.15, 0.2) is 0 Å². The van der Waals surface area contributed by atoms with Gasteiger partial charge < -0.3 is 24.7 Å². The zero-order chi connectivity index (χ0) is 18.4. The number of rotatable bonds is 6. The van der Waals surface area contributed by atoms with Crippen LogP contribution in [0.2, 0.25) is 0 Å².